The van der Waals surface area contributed by atoms with E-state index >= 15 is 0 Å². The number of benzene rings is 2. The molecule has 5 rings (SSSR count). The number of rotatable bonds is 3. The van der Waals surface area contributed by atoms with Crippen molar-refractivity contribution < 1.29 is 14.6 Å². The van der Waals surface area contributed by atoms with Crippen LogP contribution in [0.4, 0.5) is 0 Å². The van der Waals surface area contributed by atoms with Crippen molar-refractivity contribution in [3.63, 3.8) is 0 Å². The van der Waals surface area contributed by atoms with Gasteiger partial charge in [-0.15, -0.1) is 11.3 Å². The van der Waals surface area contributed by atoms with Gasteiger partial charge in [0, 0.05) is 17.5 Å². The van der Waals surface area contributed by atoms with E-state index in [1.807, 2.05) is 40.7 Å². The van der Waals surface area contributed by atoms with Gasteiger partial charge >= 0.3 is 0 Å². The van der Waals surface area contributed by atoms with Crippen LogP contribution in [0.15, 0.2) is 65.1 Å². The highest BCUT2D eigenvalue weighted by molar-refractivity contribution is 7.10. The number of aromatic hydroxyl groups is 1. The molecule has 3 aromatic rings. The number of para-hydroxylation sites is 1. The number of methoxy groups -OCH3 is 1. The van der Waals surface area contributed by atoms with Crippen molar-refractivity contribution in [3.05, 3.63) is 76.0 Å². The average molecular weight is 378 g/mol. The third-order valence-electron chi connectivity index (χ3n) is 5.00. The van der Waals surface area contributed by atoms with Gasteiger partial charge in [0.15, 0.2) is 0 Å². The van der Waals surface area contributed by atoms with Gasteiger partial charge in [-0.1, -0.05) is 24.3 Å². The number of ether oxygens (including phenoxy) is 2. The molecule has 3 heterocycles. The second-order valence-electron chi connectivity index (χ2n) is 6.55. The molecule has 0 amide bonds. The number of thiophene rings is 1. The molecule has 5 nitrogen and oxygen atoms in total. The summed E-state index contributed by atoms with van der Waals surface area (Å²) < 4.78 is 11.6. The lowest BCUT2D eigenvalue weighted by Crippen LogP contribution is -2.33. The van der Waals surface area contributed by atoms with Gasteiger partial charge in [-0.2, -0.15) is 5.10 Å². The molecule has 0 bridgehead atoms. The minimum absolute atomic E-state index is 0.0719. The molecule has 0 spiro atoms. The minimum Gasteiger partial charge on any atom is -0.507 e. The molecule has 2 aromatic carbocycles. The van der Waals surface area contributed by atoms with Crippen molar-refractivity contribution in [2.45, 2.75) is 18.7 Å². The normalized spacial score (nSPS) is 20.5. The van der Waals surface area contributed by atoms with Crippen molar-refractivity contribution in [2.75, 3.05) is 7.11 Å². The van der Waals surface area contributed by atoms with Gasteiger partial charge < -0.3 is 14.6 Å². The van der Waals surface area contributed by atoms with Gasteiger partial charge in [0.1, 0.15) is 17.2 Å². The van der Waals surface area contributed by atoms with Gasteiger partial charge in [-0.05, 0) is 35.7 Å². The van der Waals surface area contributed by atoms with Gasteiger partial charge in [-0.3, -0.25) is 0 Å². The summed E-state index contributed by atoms with van der Waals surface area (Å²) in [5.74, 6) is 1.79. The fraction of sp³-hybridized carbons (Fsp3) is 0.190. The first-order valence-electron chi connectivity index (χ1n) is 8.77. The SMILES string of the molecule is COc1ccc(O)c(C2=NN3C(C2)c2ccccc2OC3c2cccs2)c1. The molecule has 2 atom stereocenters. The molecule has 0 saturated carbocycles. The Hall–Kier alpha value is -2.99. The number of phenols is 1. The van der Waals surface area contributed by atoms with Crippen LogP contribution in [-0.2, 0) is 0 Å². The van der Waals surface area contributed by atoms with E-state index in [2.05, 4.69) is 12.1 Å². The Kier molecular flexibility index (Phi) is 3.79. The standard InChI is InChI=1S/C21H18N2O3S/c1-25-13-8-9-18(24)15(11-13)16-12-17-14-5-2-3-6-19(14)26-21(23(17)22-16)20-7-4-10-27-20/h2-11,17,21,24H,12H2,1H3. The molecule has 27 heavy (non-hydrogen) atoms. The fourth-order valence-electron chi connectivity index (χ4n) is 3.69. The Labute approximate surface area is 161 Å². The summed E-state index contributed by atoms with van der Waals surface area (Å²) in [6.45, 7) is 0. The van der Waals surface area contributed by atoms with E-state index in [-0.39, 0.29) is 18.0 Å². The zero-order valence-electron chi connectivity index (χ0n) is 14.7. The molecule has 2 aliphatic rings. The zero-order valence-corrected chi connectivity index (χ0v) is 15.5. The molecule has 1 N–H and O–H groups in total. The molecule has 2 unspecified atom stereocenters. The Morgan fingerprint density at radius 2 is 2.07 bits per heavy atom. The van der Waals surface area contributed by atoms with Crippen LogP contribution in [0, 0.1) is 0 Å². The third-order valence-corrected chi connectivity index (χ3v) is 5.90. The molecule has 136 valence electrons. The lowest BCUT2D eigenvalue weighted by Gasteiger charge is -2.37. The Morgan fingerprint density at radius 3 is 2.89 bits per heavy atom. The van der Waals surface area contributed by atoms with Crippen LogP contribution in [0.3, 0.4) is 0 Å². The molecule has 0 saturated heterocycles. The first-order chi connectivity index (χ1) is 13.2. The highest BCUT2D eigenvalue weighted by Crippen LogP contribution is 2.48. The molecule has 0 aliphatic carbocycles. The number of fused-ring (bicyclic) bond motifs is 3. The van der Waals surface area contributed by atoms with Crippen LogP contribution in [-0.4, -0.2) is 22.9 Å². The second-order valence-corrected chi connectivity index (χ2v) is 7.53. The van der Waals surface area contributed by atoms with Crippen LogP contribution in [0.1, 0.15) is 34.7 Å². The maximum absolute atomic E-state index is 10.4. The Bertz CT molecular complexity index is 1020. The van der Waals surface area contributed by atoms with E-state index in [1.54, 1.807) is 30.6 Å². The van der Waals surface area contributed by atoms with Gasteiger partial charge in [0.2, 0.25) is 6.23 Å². The fourth-order valence-corrected chi connectivity index (χ4v) is 4.43. The van der Waals surface area contributed by atoms with Crippen LogP contribution in [0.5, 0.6) is 17.2 Å². The van der Waals surface area contributed by atoms with Crippen molar-refractivity contribution in [3.8, 4) is 17.2 Å². The summed E-state index contributed by atoms with van der Waals surface area (Å²) in [6.07, 6.45) is 0.429. The topological polar surface area (TPSA) is 54.3 Å². The van der Waals surface area contributed by atoms with Crippen LogP contribution >= 0.6 is 11.3 Å². The van der Waals surface area contributed by atoms with Crippen molar-refractivity contribution in [1.29, 1.82) is 0 Å². The van der Waals surface area contributed by atoms with E-state index in [9.17, 15) is 5.11 Å². The molecule has 0 radical (unpaired) electrons. The maximum atomic E-state index is 10.4. The molecule has 6 heteroatoms. The quantitative estimate of drug-likeness (QED) is 0.717. The van der Waals surface area contributed by atoms with Gasteiger partial charge in [0.05, 0.1) is 23.7 Å². The van der Waals surface area contributed by atoms with E-state index in [4.69, 9.17) is 14.6 Å². The molecular formula is C21H18N2O3S. The lowest BCUT2D eigenvalue weighted by atomic mass is 9.96. The summed E-state index contributed by atoms with van der Waals surface area (Å²) in [6, 6.07) is 17.5. The van der Waals surface area contributed by atoms with Crippen LogP contribution in [0.2, 0.25) is 0 Å². The van der Waals surface area contributed by atoms with Crippen LogP contribution < -0.4 is 9.47 Å². The number of hydrogen-bond acceptors (Lipinski definition) is 6. The van der Waals surface area contributed by atoms with Crippen molar-refractivity contribution in [1.82, 2.24) is 5.01 Å². The van der Waals surface area contributed by atoms with E-state index in [1.165, 1.54) is 0 Å². The minimum atomic E-state index is -0.268. The van der Waals surface area contributed by atoms with Gasteiger partial charge in [-0.25, -0.2) is 5.01 Å². The highest BCUT2D eigenvalue weighted by atomic mass is 32.1. The van der Waals surface area contributed by atoms with Crippen LogP contribution in [0.25, 0.3) is 0 Å². The summed E-state index contributed by atoms with van der Waals surface area (Å²) in [7, 11) is 1.62. The third kappa shape index (κ3) is 2.64. The predicted octanol–water partition coefficient (Wildman–Crippen LogP) is 4.70. The summed E-state index contributed by atoms with van der Waals surface area (Å²) >= 11 is 1.65. The summed E-state index contributed by atoms with van der Waals surface area (Å²) in [5.41, 5.74) is 2.65. The number of phenolic OH excluding ortho intramolecular Hbond substituents is 1. The zero-order chi connectivity index (χ0) is 18.4. The van der Waals surface area contributed by atoms with Crippen molar-refractivity contribution >= 4 is 17.0 Å². The smallest absolute Gasteiger partial charge is 0.222 e. The lowest BCUT2D eigenvalue weighted by molar-refractivity contribution is -0.0165. The van der Waals surface area contributed by atoms with Gasteiger partial charge in [0.25, 0.3) is 0 Å². The average Bonchev–Trinajstić information content (AvgIpc) is 3.38. The highest BCUT2D eigenvalue weighted by Gasteiger charge is 2.41. The molecule has 0 fully saturated rings. The first-order valence-corrected chi connectivity index (χ1v) is 9.65. The number of hydrogen-bond donors (Lipinski definition) is 1. The monoisotopic (exact) mass is 378 g/mol. The largest absolute Gasteiger partial charge is 0.507 e. The predicted molar refractivity (Wildman–Crippen MR) is 105 cm³/mol. The maximum Gasteiger partial charge on any atom is 0.222 e. The Morgan fingerprint density at radius 1 is 1.19 bits per heavy atom. The first kappa shape index (κ1) is 16.2. The Balaban J connectivity index is 1.60. The second kappa shape index (κ2) is 6.32. The number of nitrogens with zero attached hydrogens (tertiary/aromatic N) is 2. The van der Waals surface area contributed by atoms with E-state index < -0.39 is 0 Å². The van der Waals surface area contributed by atoms with E-state index in [0.717, 1.165) is 21.9 Å². The molecule has 1 aromatic heterocycles. The summed E-state index contributed by atoms with van der Waals surface area (Å²) in [5, 5.41) is 19.3. The molecule has 2 aliphatic heterocycles. The number of hydrazone groups is 1. The van der Waals surface area contributed by atoms with E-state index in [0.29, 0.717) is 17.7 Å². The summed E-state index contributed by atoms with van der Waals surface area (Å²) in [4.78, 5) is 1.11. The molecular weight excluding hydrogens is 360 g/mol. The van der Waals surface area contributed by atoms with Crippen molar-refractivity contribution in [2.24, 2.45) is 5.10 Å².